The predicted molar refractivity (Wildman–Crippen MR) is 94.4 cm³/mol. The zero-order valence-corrected chi connectivity index (χ0v) is 15.5. The van der Waals surface area contributed by atoms with E-state index in [-0.39, 0.29) is 18.8 Å². The number of carbonyl (C=O) groups is 2. The zero-order valence-electron chi connectivity index (χ0n) is 13.9. The first-order valence-electron chi connectivity index (χ1n) is 7.87. The molecule has 5 nitrogen and oxygen atoms in total. The summed E-state index contributed by atoms with van der Waals surface area (Å²) in [5.74, 6) is 0.341. The highest BCUT2D eigenvalue weighted by Gasteiger charge is 2.34. The van der Waals surface area contributed by atoms with Gasteiger partial charge in [-0.25, -0.2) is 0 Å². The molecular formula is C16H18ClF3N2O3S. The second-order valence-corrected chi connectivity index (χ2v) is 7.11. The third-order valence-electron chi connectivity index (χ3n) is 3.70. The fourth-order valence-electron chi connectivity index (χ4n) is 2.49. The molecule has 1 aromatic carbocycles. The number of halogens is 4. The second-order valence-electron chi connectivity index (χ2n) is 5.55. The van der Waals surface area contributed by atoms with Crippen LogP contribution in [0.15, 0.2) is 18.2 Å². The van der Waals surface area contributed by atoms with Gasteiger partial charge in [0.2, 0.25) is 5.91 Å². The van der Waals surface area contributed by atoms with Gasteiger partial charge in [0.1, 0.15) is 6.04 Å². The molecule has 0 saturated carbocycles. The van der Waals surface area contributed by atoms with Crippen LogP contribution in [-0.4, -0.2) is 54.0 Å². The van der Waals surface area contributed by atoms with E-state index in [9.17, 15) is 22.8 Å². The van der Waals surface area contributed by atoms with E-state index in [1.54, 1.807) is 23.6 Å². The number of benzene rings is 1. The Morgan fingerprint density at radius 3 is 2.81 bits per heavy atom. The second kappa shape index (κ2) is 8.96. The Labute approximate surface area is 158 Å². The van der Waals surface area contributed by atoms with Crippen LogP contribution in [0, 0.1) is 0 Å². The van der Waals surface area contributed by atoms with Gasteiger partial charge in [-0.2, -0.15) is 24.9 Å². The molecular weight excluding hydrogens is 393 g/mol. The number of thioether (sulfide) groups is 1. The molecule has 1 saturated heterocycles. The highest BCUT2D eigenvalue weighted by Crippen LogP contribution is 2.36. The Bertz CT molecular complexity index is 673. The summed E-state index contributed by atoms with van der Waals surface area (Å²) in [6.45, 7) is 2.33. The van der Waals surface area contributed by atoms with Crippen LogP contribution in [-0.2, 0) is 20.5 Å². The van der Waals surface area contributed by atoms with E-state index in [4.69, 9.17) is 16.3 Å². The molecule has 1 aliphatic heterocycles. The molecule has 1 aliphatic rings. The number of hydrogen-bond donors (Lipinski definition) is 1. The van der Waals surface area contributed by atoms with E-state index < -0.39 is 34.7 Å². The topological polar surface area (TPSA) is 58.6 Å². The lowest BCUT2D eigenvalue weighted by Gasteiger charge is -2.32. The van der Waals surface area contributed by atoms with Crippen molar-refractivity contribution in [1.29, 1.82) is 0 Å². The fraction of sp³-hybridized carbons (Fsp3) is 0.500. The third kappa shape index (κ3) is 5.52. The van der Waals surface area contributed by atoms with E-state index >= 15 is 0 Å². The Morgan fingerprint density at radius 2 is 2.15 bits per heavy atom. The Hall–Kier alpha value is -1.45. The van der Waals surface area contributed by atoms with Gasteiger partial charge >= 0.3 is 12.1 Å². The van der Waals surface area contributed by atoms with Gasteiger partial charge in [-0.3, -0.25) is 14.5 Å². The average molecular weight is 411 g/mol. The number of nitrogens with one attached hydrogen (secondary N) is 1. The number of carbonyl (C=O) groups excluding carboxylic acids is 2. The Morgan fingerprint density at radius 1 is 1.42 bits per heavy atom. The lowest BCUT2D eigenvalue weighted by molar-refractivity contribution is -0.149. The summed E-state index contributed by atoms with van der Waals surface area (Å²) in [5, 5.41) is 1.98. The molecule has 0 radical (unpaired) electrons. The highest BCUT2D eigenvalue weighted by atomic mass is 35.5. The SMILES string of the molecule is CCOC(=O)C1CSCCN1CC(=O)Nc1ccc(Cl)c(C(F)(F)F)c1. The van der Waals surface area contributed by atoms with E-state index in [0.717, 1.165) is 17.9 Å². The monoisotopic (exact) mass is 410 g/mol. The van der Waals surface area contributed by atoms with Crippen LogP contribution in [0.3, 0.4) is 0 Å². The quantitative estimate of drug-likeness (QED) is 0.755. The Kier molecular flexibility index (Phi) is 7.19. The number of amides is 1. The number of hydrogen-bond acceptors (Lipinski definition) is 5. The molecule has 1 amide bonds. The molecule has 1 aromatic rings. The van der Waals surface area contributed by atoms with Gasteiger partial charge in [-0.1, -0.05) is 11.6 Å². The predicted octanol–water partition coefficient (Wildman–Crippen LogP) is 3.28. The maximum absolute atomic E-state index is 12.9. The summed E-state index contributed by atoms with van der Waals surface area (Å²) in [6.07, 6.45) is -4.61. The average Bonchev–Trinajstić information content (AvgIpc) is 2.56. The molecule has 0 spiro atoms. The highest BCUT2D eigenvalue weighted by molar-refractivity contribution is 7.99. The molecule has 1 atom stereocenters. The largest absolute Gasteiger partial charge is 0.465 e. The minimum absolute atomic E-state index is 0.00852. The number of esters is 1. The van der Waals surface area contributed by atoms with Crippen molar-refractivity contribution in [3.05, 3.63) is 28.8 Å². The van der Waals surface area contributed by atoms with Gasteiger partial charge in [-0.05, 0) is 25.1 Å². The summed E-state index contributed by atoms with van der Waals surface area (Å²) in [4.78, 5) is 25.9. The van der Waals surface area contributed by atoms with Crippen molar-refractivity contribution in [2.75, 3.05) is 36.5 Å². The third-order valence-corrected chi connectivity index (χ3v) is 5.05. The first-order valence-corrected chi connectivity index (χ1v) is 9.40. The zero-order chi connectivity index (χ0) is 19.3. The number of nitrogens with zero attached hydrogens (tertiary/aromatic N) is 1. The maximum atomic E-state index is 12.9. The van der Waals surface area contributed by atoms with E-state index in [0.29, 0.717) is 12.3 Å². The summed E-state index contributed by atoms with van der Waals surface area (Å²) in [5.41, 5.74) is -1.03. The smallest absolute Gasteiger partial charge is 0.417 e. The summed E-state index contributed by atoms with van der Waals surface area (Å²) < 4.78 is 43.7. The van der Waals surface area contributed by atoms with Crippen molar-refractivity contribution in [3.63, 3.8) is 0 Å². The van der Waals surface area contributed by atoms with Crippen LogP contribution in [0.1, 0.15) is 12.5 Å². The number of rotatable bonds is 5. The number of anilines is 1. The van der Waals surface area contributed by atoms with E-state index in [1.165, 1.54) is 6.07 Å². The Balaban J connectivity index is 2.04. The van der Waals surface area contributed by atoms with Crippen molar-refractivity contribution in [3.8, 4) is 0 Å². The van der Waals surface area contributed by atoms with Crippen LogP contribution in [0.25, 0.3) is 0 Å². The minimum atomic E-state index is -4.61. The van der Waals surface area contributed by atoms with Gasteiger partial charge in [0.05, 0.1) is 23.7 Å². The lowest BCUT2D eigenvalue weighted by Crippen LogP contribution is -2.50. The fourth-order valence-corrected chi connectivity index (χ4v) is 3.81. The normalized spacial score (nSPS) is 18.4. The maximum Gasteiger partial charge on any atom is 0.417 e. The molecule has 10 heteroatoms. The van der Waals surface area contributed by atoms with Gasteiger partial charge < -0.3 is 10.1 Å². The van der Waals surface area contributed by atoms with Crippen LogP contribution >= 0.6 is 23.4 Å². The number of ether oxygens (including phenoxy) is 1. The van der Waals surface area contributed by atoms with Gasteiger partial charge in [0.25, 0.3) is 0 Å². The van der Waals surface area contributed by atoms with Crippen LogP contribution < -0.4 is 5.32 Å². The first-order chi connectivity index (χ1) is 12.2. The van der Waals surface area contributed by atoms with Crippen LogP contribution in [0.4, 0.5) is 18.9 Å². The molecule has 1 heterocycles. The number of alkyl halides is 3. The molecule has 0 aromatic heterocycles. The molecule has 1 unspecified atom stereocenters. The van der Waals surface area contributed by atoms with Gasteiger partial charge in [-0.15, -0.1) is 0 Å². The summed E-state index contributed by atoms with van der Waals surface area (Å²) >= 11 is 7.15. The van der Waals surface area contributed by atoms with Crippen molar-refractivity contribution >= 4 is 40.9 Å². The summed E-state index contributed by atoms with van der Waals surface area (Å²) in [6, 6.07) is 2.62. The van der Waals surface area contributed by atoms with Crippen LogP contribution in [0.2, 0.25) is 5.02 Å². The summed E-state index contributed by atoms with van der Waals surface area (Å²) in [7, 11) is 0. The van der Waals surface area contributed by atoms with Gasteiger partial charge in [0.15, 0.2) is 0 Å². The molecule has 26 heavy (non-hydrogen) atoms. The molecule has 144 valence electrons. The van der Waals surface area contributed by atoms with Crippen molar-refractivity contribution in [1.82, 2.24) is 4.90 Å². The van der Waals surface area contributed by atoms with Crippen molar-refractivity contribution in [2.45, 2.75) is 19.1 Å². The molecule has 1 fully saturated rings. The van der Waals surface area contributed by atoms with Crippen molar-refractivity contribution < 1.29 is 27.5 Å². The molecule has 1 N–H and O–H groups in total. The molecule has 0 aliphatic carbocycles. The van der Waals surface area contributed by atoms with Gasteiger partial charge in [0, 0.05) is 23.7 Å². The standard InChI is InChI=1S/C16H18ClF3N2O3S/c1-2-25-15(24)13-9-26-6-5-22(13)8-14(23)21-10-3-4-12(17)11(7-10)16(18,19)20/h3-4,7,13H,2,5-6,8-9H2,1H3,(H,21,23). The first kappa shape index (κ1) is 20.9. The van der Waals surface area contributed by atoms with Crippen LogP contribution in [0.5, 0.6) is 0 Å². The van der Waals surface area contributed by atoms with E-state index in [2.05, 4.69) is 5.32 Å². The lowest BCUT2D eigenvalue weighted by atomic mass is 10.2. The minimum Gasteiger partial charge on any atom is -0.465 e. The molecule has 0 bridgehead atoms. The van der Waals surface area contributed by atoms with Crippen molar-refractivity contribution in [2.24, 2.45) is 0 Å². The molecule has 2 rings (SSSR count). The van der Waals surface area contributed by atoms with E-state index in [1.807, 2.05) is 0 Å².